The van der Waals surface area contributed by atoms with Crippen molar-refractivity contribution < 1.29 is 14.3 Å². The van der Waals surface area contributed by atoms with E-state index in [4.69, 9.17) is 32.7 Å². The molecule has 2 aromatic carbocycles. The molecule has 2 aromatic rings. The van der Waals surface area contributed by atoms with E-state index in [-0.39, 0.29) is 12.0 Å². The van der Waals surface area contributed by atoms with Gasteiger partial charge in [0.2, 0.25) is 5.91 Å². The normalized spacial score (nSPS) is 17.5. The molecule has 1 aliphatic rings. The van der Waals surface area contributed by atoms with Crippen LogP contribution >= 0.6 is 23.2 Å². The molecule has 5 nitrogen and oxygen atoms in total. The first-order valence-electron chi connectivity index (χ1n) is 9.18. The molecule has 1 unspecified atom stereocenters. The van der Waals surface area contributed by atoms with Crippen LogP contribution in [0.1, 0.15) is 22.8 Å². The molecule has 1 fully saturated rings. The van der Waals surface area contributed by atoms with E-state index in [1.807, 2.05) is 36.4 Å². The van der Waals surface area contributed by atoms with Gasteiger partial charge in [0.15, 0.2) is 0 Å². The van der Waals surface area contributed by atoms with E-state index in [1.165, 1.54) is 0 Å². The molecule has 1 aliphatic heterocycles. The van der Waals surface area contributed by atoms with Gasteiger partial charge in [-0.3, -0.25) is 9.69 Å². The Hall–Kier alpha value is -1.63. The zero-order chi connectivity index (χ0) is 19.9. The summed E-state index contributed by atoms with van der Waals surface area (Å²) in [6.07, 6.45) is -0.126. The van der Waals surface area contributed by atoms with E-state index in [1.54, 1.807) is 13.2 Å². The maximum absolute atomic E-state index is 12.4. The summed E-state index contributed by atoms with van der Waals surface area (Å²) in [6.45, 7) is 3.25. The number of amides is 1. The van der Waals surface area contributed by atoms with Gasteiger partial charge in [0.1, 0.15) is 0 Å². The molecule has 1 N–H and O–H groups in total. The van der Waals surface area contributed by atoms with Crippen LogP contribution < -0.4 is 5.32 Å². The van der Waals surface area contributed by atoms with Crippen molar-refractivity contribution >= 4 is 29.1 Å². The standard InChI is InChI=1S/C21H24Cl2N2O3/c1-27-14-17-5-3-2-4-16(17)11-24-21(26)13-25-8-9-28-20(12-25)15-6-7-18(22)19(23)10-15/h2-7,10,20H,8-9,11-14H2,1H3,(H,24,26). The van der Waals surface area contributed by atoms with Crippen molar-refractivity contribution in [2.45, 2.75) is 19.3 Å². The van der Waals surface area contributed by atoms with Crippen LogP contribution in [0.4, 0.5) is 0 Å². The predicted molar refractivity (Wildman–Crippen MR) is 111 cm³/mol. The highest BCUT2D eigenvalue weighted by Gasteiger charge is 2.24. The van der Waals surface area contributed by atoms with E-state index in [9.17, 15) is 4.79 Å². The number of carbonyl (C=O) groups is 1. The average Bonchev–Trinajstić information content (AvgIpc) is 2.70. The Morgan fingerprint density at radius 3 is 2.75 bits per heavy atom. The fourth-order valence-electron chi connectivity index (χ4n) is 3.24. The van der Waals surface area contributed by atoms with Crippen molar-refractivity contribution in [2.24, 2.45) is 0 Å². The van der Waals surface area contributed by atoms with Crippen LogP contribution in [0.15, 0.2) is 42.5 Å². The molecular formula is C21H24Cl2N2O3. The Bertz CT molecular complexity index is 816. The van der Waals surface area contributed by atoms with Gasteiger partial charge in [0, 0.05) is 26.7 Å². The largest absolute Gasteiger partial charge is 0.380 e. The summed E-state index contributed by atoms with van der Waals surface area (Å²) in [7, 11) is 1.66. The van der Waals surface area contributed by atoms with Crippen LogP contribution in [0.2, 0.25) is 10.0 Å². The monoisotopic (exact) mass is 422 g/mol. The van der Waals surface area contributed by atoms with Crippen LogP contribution in [0.3, 0.4) is 0 Å². The first-order valence-corrected chi connectivity index (χ1v) is 9.93. The lowest BCUT2D eigenvalue weighted by molar-refractivity contribution is -0.124. The van der Waals surface area contributed by atoms with Gasteiger partial charge in [-0.05, 0) is 28.8 Å². The quantitative estimate of drug-likeness (QED) is 0.736. The number of halogens is 2. The minimum Gasteiger partial charge on any atom is -0.380 e. The molecule has 0 spiro atoms. The second-order valence-electron chi connectivity index (χ2n) is 6.75. The fraction of sp³-hybridized carbons (Fsp3) is 0.381. The molecular weight excluding hydrogens is 399 g/mol. The fourth-order valence-corrected chi connectivity index (χ4v) is 3.55. The third-order valence-electron chi connectivity index (χ3n) is 4.73. The number of ether oxygens (including phenoxy) is 2. The van der Waals surface area contributed by atoms with Crippen molar-refractivity contribution in [2.75, 3.05) is 33.4 Å². The first-order chi connectivity index (χ1) is 13.6. The molecule has 1 heterocycles. The molecule has 0 radical (unpaired) electrons. The summed E-state index contributed by atoms with van der Waals surface area (Å²) in [6, 6.07) is 13.4. The number of carbonyl (C=O) groups excluding carboxylic acids is 1. The maximum atomic E-state index is 12.4. The summed E-state index contributed by atoms with van der Waals surface area (Å²) < 4.78 is 11.1. The van der Waals surface area contributed by atoms with Crippen LogP contribution in [-0.2, 0) is 27.4 Å². The lowest BCUT2D eigenvalue weighted by Crippen LogP contribution is -2.44. The average molecular weight is 423 g/mol. The van der Waals surface area contributed by atoms with Crippen LogP contribution in [0, 0.1) is 0 Å². The van der Waals surface area contributed by atoms with E-state index < -0.39 is 0 Å². The van der Waals surface area contributed by atoms with Crippen molar-refractivity contribution in [3.63, 3.8) is 0 Å². The maximum Gasteiger partial charge on any atom is 0.234 e. The second-order valence-corrected chi connectivity index (χ2v) is 7.56. The number of rotatable bonds is 7. The molecule has 150 valence electrons. The number of morpholine rings is 1. The van der Waals surface area contributed by atoms with Crippen LogP contribution in [-0.4, -0.2) is 44.2 Å². The van der Waals surface area contributed by atoms with Crippen LogP contribution in [0.25, 0.3) is 0 Å². The van der Waals surface area contributed by atoms with Gasteiger partial charge in [0.05, 0.1) is 35.9 Å². The summed E-state index contributed by atoms with van der Waals surface area (Å²) in [4.78, 5) is 14.5. The number of hydrogen-bond acceptors (Lipinski definition) is 4. The van der Waals surface area contributed by atoms with Gasteiger partial charge in [-0.2, -0.15) is 0 Å². The molecule has 0 bridgehead atoms. The molecule has 1 saturated heterocycles. The Labute approximate surface area is 175 Å². The highest BCUT2D eigenvalue weighted by molar-refractivity contribution is 6.42. The highest BCUT2D eigenvalue weighted by Crippen LogP contribution is 2.29. The Balaban J connectivity index is 1.53. The van der Waals surface area contributed by atoms with Gasteiger partial charge in [-0.25, -0.2) is 0 Å². The lowest BCUT2D eigenvalue weighted by atomic mass is 10.1. The van der Waals surface area contributed by atoms with Gasteiger partial charge in [-0.1, -0.05) is 53.5 Å². The van der Waals surface area contributed by atoms with Crippen molar-refractivity contribution in [3.8, 4) is 0 Å². The molecule has 1 amide bonds. The van der Waals surface area contributed by atoms with Gasteiger partial charge >= 0.3 is 0 Å². The molecule has 0 aromatic heterocycles. The SMILES string of the molecule is COCc1ccccc1CNC(=O)CN1CCOC(c2ccc(Cl)c(Cl)c2)C1. The predicted octanol–water partition coefficient (Wildman–Crippen LogP) is 3.83. The van der Waals surface area contributed by atoms with Crippen LogP contribution in [0.5, 0.6) is 0 Å². The topological polar surface area (TPSA) is 50.8 Å². The number of hydrogen-bond donors (Lipinski definition) is 1. The summed E-state index contributed by atoms with van der Waals surface area (Å²) in [5.74, 6) is -0.0120. The van der Waals surface area contributed by atoms with Crippen molar-refractivity contribution in [1.29, 1.82) is 0 Å². The Morgan fingerprint density at radius 1 is 1.21 bits per heavy atom. The van der Waals surface area contributed by atoms with Gasteiger partial charge < -0.3 is 14.8 Å². The minimum atomic E-state index is -0.126. The summed E-state index contributed by atoms with van der Waals surface area (Å²) >= 11 is 12.1. The number of nitrogens with one attached hydrogen (secondary N) is 1. The lowest BCUT2D eigenvalue weighted by Gasteiger charge is -2.32. The van der Waals surface area contributed by atoms with E-state index >= 15 is 0 Å². The highest BCUT2D eigenvalue weighted by atomic mass is 35.5. The Morgan fingerprint density at radius 2 is 2.00 bits per heavy atom. The number of benzene rings is 2. The van der Waals surface area contributed by atoms with Gasteiger partial charge in [0.25, 0.3) is 0 Å². The van der Waals surface area contributed by atoms with E-state index in [0.29, 0.717) is 49.4 Å². The molecule has 3 rings (SSSR count). The smallest absolute Gasteiger partial charge is 0.234 e. The zero-order valence-corrected chi connectivity index (χ0v) is 17.3. The molecule has 1 atom stereocenters. The Kier molecular flexibility index (Phi) is 7.71. The summed E-state index contributed by atoms with van der Waals surface area (Å²) in [5.41, 5.74) is 3.11. The van der Waals surface area contributed by atoms with Crippen molar-refractivity contribution in [1.82, 2.24) is 10.2 Å². The molecule has 0 saturated carbocycles. The van der Waals surface area contributed by atoms with E-state index in [0.717, 1.165) is 16.7 Å². The number of methoxy groups -OCH3 is 1. The first kappa shape index (κ1) is 21.1. The summed E-state index contributed by atoms with van der Waals surface area (Å²) in [5, 5.41) is 4.03. The number of nitrogens with zero attached hydrogens (tertiary/aromatic N) is 1. The third kappa shape index (κ3) is 5.69. The molecule has 7 heteroatoms. The van der Waals surface area contributed by atoms with E-state index in [2.05, 4.69) is 10.2 Å². The minimum absolute atomic E-state index is 0.0120. The second kappa shape index (κ2) is 10.2. The van der Waals surface area contributed by atoms with Crippen molar-refractivity contribution in [3.05, 3.63) is 69.2 Å². The molecule has 28 heavy (non-hydrogen) atoms. The zero-order valence-electron chi connectivity index (χ0n) is 15.8. The third-order valence-corrected chi connectivity index (χ3v) is 5.47. The molecule has 0 aliphatic carbocycles. The van der Waals surface area contributed by atoms with Gasteiger partial charge in [-0.15, -0.1) is 0 Å².